The second-order valence-electron chi connectivity index (χ2n) is 4.01. The smallest absolute Gasteiger partial charge is 0.255 e. The van der Waals surface area contributed by atoms with Gasteiger partial charge in [0.25, 0.3) is 5.91 Å². The zero-order chi connectivity index (χ0) is 13.8. The van der Waals surface area contributed by atoms with E-state index in [4.69, 9.17) is 4.74 Å². The van der Waals surface area contributed by atoms with Crippen molar-refractivity contribution in [3.63, 3.8) is 0 Å². The number of halogens is 1. The Balaban J connectivity index is 2.13. The van der Waals surface area contributed by atoms with Crippen molar-refractivity contribution in [2.45, 2.75) is 6.92 Å². The minimum Gasteiger partial charge on any atom is -0.481 e. The number of methoxy groups -OCH3 is 1. The number of rotatable bonds is 3. The van der Waals surface area contributed by atoms with Crippen LogP contribution in [0.5, 0.6) is 5.88 Å². The van der Waals surface area contributed by atoms with Gasteiger partial charge in [0.1, 0.15) is 5.82 Å². The third-order valence-corrected chi connectivity index (χ3v) is 2.64. The zero-order valence-corrected chi connectivity index (χ0v) is 10.6. The standard InChI is InChI=1S/C14H13FN2O2/c1-9-3-4-10(7-12(9)15)14(18)17-11-5-6-13(19-2)16-8-11/h3-8H,1-2H3,(H,17,18). The molecular weight excluding hydrogens is 247 g/mol. The van der Waals surface area contributed by atoms with E-state index in [1.165, 1.54) is 19.4 Å². The van der Waals surface area contributed by atoms with Crippen molar-refractivity contribution >= 4 is 11.6 Å². The van der Waals surface area contributed by atoms with E-state index in [0.717, 1.165) is 0 Å². The van der Waals surface area contributed by atoms with Gasteiger partial charge in [0.05, 0.1) is 19.0 Å². The first-order valence-electron chi connectivity index (χ1n) is 5.67. The average Bonchev–Trinajstić information content (AvgIpc) is 2.42. The monoisotopic (exact) mass is 260 g/mol. The van der Waals surface area contributed by atoms with Crippen LogP contribution in [0.2, 0.25) is 0 Å². The second kappa shape index (κ2) is 5.48. The highest BCUT2D eigenvalue weighted by Gasteiger charge is 2.08. The molecule has 0 aliphatic carbocycles. The molecule has 0 radical (unpaired) electrons. The van der Waals surface area contributed by atoms with Crippen LogP contribution in [0.15, 0.2) is 36.5 Å². The van der Waals surface area contributed by atoms with Gasteiger partial charge in [-0.3, -0.25) is 4.79 Å². The highest BCUT2D eigenvalue weighted by atomic mass is 19.1. The number of benzene rings is 1. The third kappa shape index (κ3) is 3.07. The topological polar surface area (TPSA) is 51.2 Å². The minimum absolute atomic E-state index is 0.263. The zero-order valence-electron chi connectivity index (χ0n) is 10.6. The van der Waals surface area contributed by atoms with Crippen LogP contribution in [-0.2, 0) is 0 Å². The Hall–Kier alpha value is -2.43. The predicted molar refractivity (Wildman–Crippen MR) is 69.9 cm³/mol. The summed E-state index contributed by atoms with van der Waals surface area (Å²) in [6.45, 7) is 1.64. The molecule has 0 aliphatic heterocycles. The summed E-state index contributed by atoms with van der Waals surface area (Å²) >= 11 is 0. The Bertz CT molecular complexity index is 597. The number of amides is 1. The number of carbonyl (C=O) groups excluding carboxylic acids is 1. The molecule has 2 aromatic rings. The van der Waals surface area contributed by atoms with Gasteiger partial charge in [0, 0.05) is 11.6 Å². The molecule has 4 nitrogen and oxygen atoms in total. The number of pyridine rings is 1. The number of aryl methyl sites for hydroxylation is 1. The summed E-state index contributed by atoms with van der Waals surface area (Å²) < 4.78 is 18.3. The normalized spacial score (nSPS) is 10.1. The Morgan fingerprint density at radius 3 is 2.68 bits per heavy atom. The van der Waals surface area contributed by atoms with E-state index in [0.29, 0.717) is 17.1 Å². The maximum atomic E-state index is 13.4. The number of carbonyl (C=O) groups is 1. The summed E-state index contributed by atoms with van der Waals surface area (Å²) in [5.74, 6) is -0.328. The first-order valence-corrected chi connectivity index (χ1v) is 5.67. The molecular formula is C14H13FN2O2. The fourth-order valence-electron chi connectivity index (χ4n) is 1.51. The van der Waals surface area contributed by atoms with E-state index in [1.807, 2.05) is 0 Å². The van der Waals surface area contributed by atoms with Crippen LogP contribution in [-0.4, -0.2) is 18.0 Å². The van der Waals surface area contributed by atoms with Crippen LogP contribution in [0.4, 0.5) is 10.1 Å². The van der Waals surface area contributed by atoms with Crippen LogP contribution < -0.4 is 10.1 Å². The SMILES string of the molecule is COc1ccc(NC(=O)c2ccc(C)c(F)c2)cn1. The molecule has 0 bridgehead atoms. The van der Waals surface area contributed by atoms with E-state index in [2.05, 4.69) is 10.3 Å². The Kier molecular flexibility index (Phi) is 3.75. The fraction of sp³-hybridized carbons (Fsp3) is 0.143. The van der Waals surface area contributed by atoms with E-state index < -0.39 is 5.82 Å². The highest BCUT2D eigenvalue weighted by Crippen LogP contribution is 2.14. The molecule has 0 saturated carbocycles. The van der Waals surface area contributed by atoms with Gasteiger partial charge in [0.2, 0.25) is 5.88 Å². The second-order valence-corrected chi connectivity index (χ2v) is 4.01. The van der Waals surface area contributed by atoms with Crippen molar-refractivity contribution in [1.29, 1.82) is 0 Å². The summed E-state index contributed by atoms with van der Waals surface area (Å²) in [5.41, 5.74) is 1.29. The van der Waals surface area contributed by atoms with Crippen molar-refractivity contribution < 1.29 is 13.9 Å². The average molecular weight is 260 g/mol. The summed E-state index contributed by atoms with van der Waals surface area (Å²) in [6, 6.07) is 7.64. The largest absolute Gasteiger partial charge is 0.481 e. The molecule has 0 aliphatic rings. The fourth-order valence-corrected chi connectivity index (χ4v) is 1.51. The predicted octanol–water partition coefficient (Wildman–Crippen LogP) is 2.79. The molecule has 1 amide bonds. The summed E-state index contributed by atoms with van der Waals surface area (Å²) in [4.78, 5) is 15.9. The molecule has 0 unspecified atom stereocenters. The number of anilines is 1. The van der Waals surface area contributed by atoms with Crippen molar-refractivity contribution in [2.24, 2.45) is 0 Å². The Labute approximate surface area is 110 Å². The summed E-state index contributed by atoms with van der Waals surface area (Å²) in [7, 11) is 1.51. The van der Waals surface area contributed by atoms with Crippen molar-refractivity contribution in [2.75, 3.05) is 12.4 Å². The molecule has 1 aromatic heterocycles. The number of nitrogens with one attached hydrogen (secondary N) is 1. The molecule has 5 heteroatoms. The van der Waals surface area contributed by atoms with Crippen LogP contribution in [0.1, 0.15) is 15.9 Å². The van der Waals surface area contributed by atoms with Crippen molar-refractivity contribution in [1.82, 2.24) is 4.98 Å². The number of nitrogens with zero attached hydrogens (tertiary/aromatic N) is 1. The van der Waals surface area contributed by atoms with Crippen LogP contribution in [0.25, 0.3) is 0 Å². The van der Waals surface area contributed by atoms with E-state index >= 15 is 0 Å². The quantitative estimate of drug-likeness (QED) is 0.923. The van der Waals surface area contributed by atoms with Gasteiger partial charge < -0.3 is 10.1 Å². The van der Waals surface area contributed by atoms with E-state index in [9.17, 15) is 9.18 Å². The van der Waals surface area contributed by atoms with Gasteiger partial charge in [-0.05, 0) is 30.7 Å². The summed E-state index contributed by atoms with van der Waals surface area (Å²) in [6.07, 6.45) is 1.47. The lowest BCUT2D eigenvalue weighted by molar-refractivity contribution is 0.102. The van der Waals surface area contributed by atoms with Crippen molar-refractivity contribution in [3.05, 3.63) is 53.5 Å². The molecule has 0 fully saturated rings. The molecule has 2 rings (SSSR count). The van der Waals surface area contributed by atoms with Gasteiger partial charge >= 0.3 is 0 Å². The molecule has 98 valence electrons. The first kappa shape index (κ1) is 13.0. The first-order chi connectivity index (χ1) is 9.10. The van der Waals surface area contributed by atoms with Gasteiger partial charge in [0.15, 0.2) is 0 Å². The number of hydrogen-bond acceptors (Lipinski definition) is 3. The number of aromatic nitrogens is 1. The lowest BCUT2D eigenvalue weighted by atomic mass is 10.1. The molecule has 1 N–H and O–H groups in total. The van der Waals surface area contributed by atoms with Crippen LogP contribution in [0.3, 0.4) is 0 Å². The molecule has 1 aromatic carbocycles. The maximum Gasteiger partial charge on any atom is 0.255 e. The van der Waals surface area contributed by atoms with Crippen LogP contribution in [0, 0.1) is 12.7 Å². The Morgan fingerprint density at radius 1 is 1.32 bits per heavy atom. The van der Waals surface area contributed by atoms with Gasteiger partial charge in [-0.15, -0.1) is 0 Å². The van der Waals surface area contributed by atoms with Gasteiger partial charge in [-0.25, -0.2) is 9.37 Å². The molecule has 19 heavy (non-hydrogen) atoms. The Morgan fingerprint density at radius 2 is 2.11 bits per heavy atom. The highest BCUT2D eigenvalue weighted by molar-refractivity contribution is 6.04. The van der Waals surface area contributed by atoms with E-state index in [1.54, 1.807) is 31.2 Å². The lowest BCUT2D eigenvalue weighted by Crippen LogP contribution is -2.12. The molecule has 0 atom stereocenters. The molecule has 1 heterocycles. The third-order valence-electron chi connectivity index (χ3n) is 2.64. The molecule has 0 saturated heterocycles. The number of hydrogen-bond donors (Lipinski definition) is 1. The van der Waals surface area contributed by atoms with E-state index in [-0.39, 0.29) is 11.5 Å². The lowest BCUT2D eigenvalue weighted by Gasteiger charge is -2.06. The van der Waals surface area contributed by atoms with Gasteiger partial charge in [-0.2, -0.15) is 0 Å². The number of ether oxygens (including phenoxy) is 1. The summed E-state index contributed by atoms with van der Waals surface area (Å²) in [5, 5.41) is 2.63. The van der Waals surface area contributed by atoms with Gasteiger partial charge in [-0.1, -0.05) is 6.07 Å². The molecule has 0 spiro atoms. The van der Waals surface area contributed by atoms with Crippen molar-refractivity contribution in [3.8, 4) is 5.88 Å². The van der Waals surface area contributed by atoms with Crippen LogP contribution >= 0.6 is 0 Å². The minimum atomic E-state index is -0.402. The maximum absolute atomic E-state index is 13.4.